The van der Waals surface area contributed by atoms with Gasteiger partial charge in [0.05, 0.1) is 30.8 Å². The predicted octanol–water partition coefficient (Wildman–Crippen LogP) is 1.66. The lowest BCUT2D eigenvalue weighted by molar-refractivity contribution is -0.128. The standard InChI is InChI=1S/C18H23N3O4/c1-23-14-2-3-15-16(8-14)21-13(10-25-11-17(21)20-15)9-19-18(22)12-4-6-24-7-5-12/h2-3,8,12-13H,4-7,9-11H2,1H3,(H,19,22). The van der Waals surface area contributed by atoms with E-state index in [1.165, 1.54) is 0 Å². The Morgan fingerprint density at radius 1 is 1.36 bits per heavy atom. The number of ether oxygens (including phenoxy) is 3. The van der Waals surface area contributed by atoms with Gasteiger partial charge in [-0.1, -0.05) is 0 Å². The Labute approximate surface area is 146 Å². The Balaban J connectivity index is 1.53. The third-order valence-corrected chi connectivity index (χ3v) is 4.98. The minimum atomic E-state index is 0.0321. The Morgan fingerprint density at radius 2 is 2.20 bits per heavy atom. The second-order valence-corrected chi connectivity index (χ2v) is 6.55. The minimum Gasteiger partial charge on any atom is -0.497 e. The number of methoxy groups -OCH3 is 1. The Kier molecular flexibility index (Phi) is 4.59. The number of amides is 1. The molecule has 1 atom stereocenters. The molecule has 0 spiro atoms. The molecule has 2 aliphatic rings. The second kappa shape index (κ2) is 7.01. The number of benzene rings is 1. The van der Waals surface area contributed by atoms with Crippen LogP contribution in [0.1, 0.15) is 24.7 Å². The Bertz CT molecular complexity index is 767. The highest BCUT2D eigenvalue weighted by Gasteiger charge is 2.27. The number of rotatable bonds is 4. The number of aromatic nitrogens is 2. The van der Waals surface area contributed by atoms with Crippen molar-refractivity contribution in [3.63, 3.8) is 0 Å². The van der Waals surface area contributed by atoms with Gasteiger partial charge >= 0.3 is 0 Å². The summed E-state index contributed by atoms with van der Waals surface area (Å²) in [6.07, 6.45) is 1.59. The molecule has 1 fully saturated rings. The van der Waals surface area contributed by atoms with E-state index in [1.807, 2.05) is 18.2 Å². The van der Waals surface area contributed by atoms with Crippen molar-refractivity contribution in [3.8, 4) is 5.75 Å². The van der Waals surface area contributed by atoms with E-state index in [4.69, 9.17) is 14.2 Å². The van der Waals surface area contributed by atoms with E-state index in [2.05, 4.69) is 14.9 Å². The highest BCUT2D eigenvalue weighted by atomic mass is 16.5. The van der Waals surface area contributed by atoms with Crippen LogP contribution in [0, 0.1) is 5.92 Å². The molecule has 1 amide bonds. The van der Waals surface area contributed by atoms with Crippen molar-refractivity contribution in [1.82, 2.24) is 14.9 Å². The van der Waals surface area contributed by atoms with Crippen LogP contribution >= 0.6 is 0 Å². The lowest BCUT2D eigenvalue weighted by Gasteiger charge is -2.28. The fraction of sp³-hybridized carbons (Fsp3) is 0.556. The summed E-state index contributed by atoms with van der Waals surface area (Å²) in [5, 5.41) is 3.09. The van der Waals surface area contributed by atoms with Crippen molar-refractivity contribution >= 4 is 16.9 Å². The van der Waals surface area contributed by atoms with Crippen LogP contribution in [0.15, 0.2) is 18.2 Å². The molecule has 4 rings (SSSR count). The van der Waals surface area contributed by atoms with Gasteiger partial charge in [-0.25, -0.2) is 4.98 Å². The van der Waals surface area contributed by atoms with E-state index in [1.54, 1.807) is 7.11 Å². The van der Waals surface area contributed by atoms with Crippen LogP contribution in [-0.2, 0) is 20.9 Å². The Morgan fingerprint density at radius 3 is 3.00 bits per heavy atom. The predicted molar refractivity (Wildman–Crippen MR) is 91.5 cm³/mol. The molecule has 0 saturated carbocycles. The highest BCUT2D eigenvalue weighted by Crippen LogP contribution is 2.28. The first-order chi connectivity index (χ1) is 12.3. The molecule has 1 N–H and O–H groups in total. The molecule has 0 bridgehead atoms. The molecule has 3 heterocycles. The van der Waals surface area contributed by atoms with E-state index in [0.29, 0.717) is 33.0 Å². The van der Waals surface area contributed by atoms with E-state index in [0.717, 1.165) is 35.4 Å². The molecule has 2 aliphatic heterocycles. The summed E-state index contributed by atoms with van der Waals surface area (Å²) in [5.74, 6) is 1.85. The summed E-state index contributed by atoms with van der Waals surface area (Å²) >= 11 is 0. The molecule has 2 aromatic rings. The van der Waals surface area contributed by atoms with Gasteiger partial charge in [-0.2, -0.15) is 0 Å². The van der Waals surface area contributed by atoms with Gasteiger partial charge in [0.25, 0.3) is 0 Å². The molecule has 1 unspecified atom stereocenters. The first-order valence-corrected chi connectivity index (χ1v) is 8.74. The van der Waals surface area contributed by atoms with Gasteiger partial charge in [0, 0.05) is 31.7 Å². The molecule has 1 aromatic heterocycles. The van der Waals surface area contributed by atoms with Crippen LogP contribution < -0.4 is 10.1 Å². The van der Waals surface area contributed by atoms with E-state index in [-0.39, 0.29) is 17.9 Å². The zero-order valence-corrected chi connectivity index (χ0v) is 14.4. The number of imidazole rings is 1. The number of carbonyl (C=O) groups is 1. The average molecular weight is 345 g/mol. The van der Waals surface area contributed by atoms with Crippen LogP contribution in [0.5, 0.6) is 5.75 Å². The molecule has 25 heavy (non-hydrogen) atoms. The van der Waals surface area contributed by atoms with E-state index in [9.17, 15) is 4.79 Å². The number of hydrogen-bond donors (Lipinski definition) is 1. The summed E-state index contributed by atoms with van der Waals surface area (Å²) in [4.78, 5) is 17.1. The Hall–Kier alpha value is -2.12. The summed E-state index contributed by atoms with van der Waals surface area (Å²) in [6, 6.07) is 5.88. The topological polar surface area (TPSA) is 74.6 Å². The summed E-state index contributed by atoms with van der Waals surface area (Å²) in [6.45, 7) is 2.92. The number of nitrogens with zero attached hydrogens (tertiary/aromatic N) is 2. The van der Waals surface area contributed by atoms with Crippen molar-refractivity contribution in [2.75, 3.05) is 33.5 Å². The van der Waals surface area contributed by atoms with Crippen molar-refractivity contribution < 1.29 is 19.0 Å². The van der Waals surface area contributed by atoms with Gasteiger partial charge in [0.2, 0.25) is 5.91 Å². The molecule has 134 valence electrons. The van der Waals surface area contributed by atoms with Crippen molar-refractivity contribution in [2.24, 2.45) is 5.92 Å². The smallest absolute Gasteiger partial charge is 0.223 e. The first-order valence-electron chi connectivity index (χ1n) is 8.74. The van der Waals surface area contributed by atoms with E-state index < -0.39 is 0 Å². The quantitative estimate of drug-likeness (QED) is 0.912. The average Bonchev–Trinajstić information content (AvgIpc) is 3.05. The normalized spacial score (nSPS) is 21.1. The number of hydrogen-bond acceptors (Lipinski definition) is 5. The SMILES string of the molecule is COc1ccc2nc3n(c2c1)C(CNC(=O)C1CCOCC1)COC3. The van der Waals surface area contributed by atoms with Crippen molar-refractivity contribution in [2.45, 2.75) is 25.5 Å². The number of carbonyl (C=O) groups excluding carboxylic acids is 1. The zero-order chi connectivity index (χ0) is 17.2. The maximum absolute atomic E-state index is 12.4. The molecule has 7 heteroatoms. The zero-order valence-electron chi connectivity index (χ0n) is 14.4. The molecule has 0 radical (unpaired) electrons. The van der Waals surface area contributed by atoms with Gasteiger partial charge in [-0.3, -0.25) is 4.79 Å². The molecule has 1 aromatic carbocycles. The third kappa shape index (κ3) is 3.21. The van der Waals surface area contributed by atoms with E-state index >= 15 is 0 Å². The molecule has 1 saturated heterocycles. The fourth-order valence-corrected chi connectivity index (χ4v) is 3.59. The summed E-state index contributed by atoms with van der Waals surface area (Å²) < 4.78 is 18.5. The molecular weight excluding hydrogens is 322 g/mol. The van der Waals surface area contributed by atoms with Gasteiger partial charge < -0.3 is 24.1 Å². The minimum absolute atomic E-state index is 0.0321. The summed E-state index contributed by atoms with van der Waals surface area (Å²) in [5.41, 5.74) is 1.94. The lowest BCUT2D eigenvalue weighted by atomic mass is 9.99. The van der Waals surface area contributed by atoms with Gasteiger partial charge in [0.15, 0.2) is 0 Å². The fourth-order valence-electron chi connectivity index (χ4n) is 3.59. The monoisotopic (exact) mass is 345 g/mol. The third-order valence-electron chi connectivity index (χ3n) is 4.98. The second-order valence-electron chi connectivity index (χ2n) is 6.55. The van der Waals surface area contributed by atoms with Gasteiger partial charge in [-0.15, -0.1) is 0 Å². The number of fused-ring (bicyclic) bond motifs is 3. The molecule has 0 aliphatic carbocycles. The van der Waals surface area contributed by atoms with Crippen LogP contribution in [0.3, 0.4) is 0 Å². The largest absolute Gasteiger partial charge is 0.497 e. The van der Waals surface area contributed by atoms with Crippen LogP contribution in [-0.4, -0.2) is 48.9 Å². The molecule has 7 nitrogen and oxygen atoms in total. The summed E-state index contributed by atoms with van der Waals surface area (Å²) in [7, 11) is 1.66. The van der Waals surface area contributed by atoms with Gasteiger partial charge in [-0.05, 0) is 25.0 Å². The van der Waals surface area contributed by atoms with Crippen molar-refractivity contribution in [1.29, 1.82) is 0 Å². The number of nitrogens with one attached hydrogen (secondary N) is 1. The van der Waals surface area contributed by atoms with Crippen LogP contribution in [0.4, 0.5) is 0 Å². The highest BCUT2D eigenvalue weighted by molar-refractivity contribution is 5.79. The van der Waals surface area contributed by atoms with Crippen LogP contribution in [0.2, 0.25) is 0 Å². The van der Waals surface area contributed by atoms with Gasteiger partial charge in [0.1, 0.15) is 18.2 Å². The maximum atomic E-state index is 12.4. The maximum Gasteiger partial charge on any atom is 0.223 e. The van der Waals surface area contributed by atoms with Crippen molar-refractivity contribution in [3.05, 3.63) is 24.0 Å². The lowest BCUT2D eigenvalue weighted by Crippen LogP contribution is -2.39. The molecular formula is C18H23N3O4. The first kappa shape index (κ1) is 16.4. The van der Waals surface area contributed by atoms with Crippen LogP contribution in [0.25, 0.3) is 11.0 Å².